The van der Waals surface area contributed by atoms with Gasteiger partial charge in [-0.25, -0.2) is 0 Å². The second kappa shape index (κ2) is 6.54. The van der Waals surface area contributed by atoms with Gasteiger partial charge < -0.3 is 15.8 Å². The molecule has 0 aliphatic heterocycles. The number of nitrogens with one attached hydrogen (secondary N) is 1. The molecule has 1 heterocycles. The summed E-state index contributed by atoms with van der Waals surface area (Å²) < 4.78 is 5.82. The molecule has 0 radical (unpaired) electrons. The number of hydrogen-bond acceptors (Lipinski definition) is 4. The van der Waals surface area contributed by atoms with Crippen LogP contribution in [0.15, 0.2) is 12.1 Å². The highest BCUT2D eigenvalue weighted by molar-refractivity contribution is 5.54. The van der Waals surface area contributed by atoms with Crippen LogP contribution >= 0.6 is 0 Å². The van der Waals surface area contributed by atoms with Crippen molar-refractivity contribution in [3.05, 3.63) is 12.1 Å². The standard InChI is InChI=1S/C17H29N3O/c1-12(13-8-6-5-7-9-13)19-15-11-10-14(18)16(20-15)21-17(2,3)4/h10-13H,5-9,18H2,1-4H3,(H,19,20). The summed E-state index contributed by atoms with van der Waals surface area (Å²) in [6.07, 6.45) is 6.71. The Morgan fingerprint density at radius 2 is 1.90 bits per heavy atom. The molecule has 1 aromatic rings. The number of aromatic nitrogens is 1. The molecule has 3 N–H and O–H groups in total. The van der Waals surface area contributed by atoms with Crippen LogP contribution in [0.3, 0.4) is 0 Å². The molecule has 2 rings (SSSR count). The van der Waals surface area contributed by atoms with Crippen molar-refractivity contribution in [1.29, 1.82) is 0 Å². The number of nitrogens with two attached hydrogens (primary N) is 1. The first-order chi connectivity index (χ1) is 9.85. The minimum Gasteiger partial charge on any atom is -0.470 e. The van der Waals surface area contributed by atoms with Crippen molar-refractivity contribution in [2.45, 2.75) is 71.4 Å². The highest BCUT2D eigenvalue weighted by Gasteiger charge is 2.21. The zero-order valence-corrected chi connectivity index (χ0v) is 13.8. The van der Waals surface area contributed by atoms with E-state index in [1.807, 2.05) is 32.9 Å². The van der Waals surface area contributed by atoms with E-state index in [4.69, 9.17) is 10.5 Å². The maximum absolute atomic E-state index is 5.95. The van der Waals surface area contributed by atoms with Gasteiger partial charge in [-0.3, -0.25) is 0 Å². The van der Waals surface area contributed by atoms with Gasteiger partial charge in [0.15, 0.2) is 0 Å². The van der Waals surface area contributed by atoms with Gasteiger partial charge in [0.25, 0.3) is 0 Å². The Labute approximate surface area is 128 Å². The lowest BCUT2D eigenvalue weighted by atomic mass is 9.84. The third kappa shape index (κ3) is 4.80. The molecule has 1 fully saturated rings. The predicted octanol–water partition coefficient (Wildman–Crippen LogP) is 4.22. The monoisotopic (exact) mass is 291 g/mol. The van der Waals surface area contributed by atoms with E-state index >= 15 is 0 Å². The Morgan fingerprint density at radius 1 is 1.24 bits per heavy atom. The fourth-order valence-electron chi connectivity index (χ4n) is 2.89. The molecule has 0 saturated heterocycles. The van der Waals surface area contributed by atoms with Gasteiger partial charge in [-0.1, -0.05) is 19.3 Å². The molecule has 1 aliphatic rings. The van der Waals surface area contributed by atoms with Gasteiger partial charge in [-0.15, -0.1) is 0 Å². The van der Waals surface area contributed by atoms with Crippen LogP contribution < -0.4 is 15.8 Å². The van der Waals surface area contributed by atoms with Crippen molar-refractivity contribution >= 4 is 11.5 Å². The fourth-order valence-corrected chi connectivity index (χ4v) is 2.89. The summed E-state index contributed by atoms with van der Waals surface area (Å²) in [6, 6.07) is 4.23. The Hall–Kier alpha value is -1.45. The summed E-state index contributed by atoms with van der Waals surface area (Å²) in [6.45, 7) is 8.24. The van der Waals surface area contributed by atoms with E-state index in [1.165, 1.54) is 32.1 Å². The highest BCUT2D eigenvalue weighted by atomic mass is 16.5. The second-order valence-corrected chi connectivity index (χ2v) is 7.14. The van der Waals surface area contributed by atoms with Crippen LogP contribution in [0.1, 0.15) is 59.8 Å². The third-order valence-corrected chi connectivity index (χ3v) is 4.03. The van der Waals surface area contributed by atoms with Crippen molar-refractivity contribution in [3.8, 4) is 5.88 Å². The summed E-state index contributed by atoms with van der Waals surface area (Å²) in [5, 5.41) is 3.52. The smallest absolute Gasteiger partial charge is 0.239 e. The van der Waals surface area contributed by atoms with Gasteiger partial charge in [-0.2, -0.15) is 4.98 Å². The molecule has 0 spiro atoms. The Kier molecular flexibility index (Phi) is 4.96. The number of ether oxygens (including phenoxy) is 1. The summed E-state index contributed by atoms with van der Waals surface area (Å²) in [5.74, 6) is 2.11. The number of nitrogen functional groups attached to an aromatic ring is 1. The molecule has 0 bridgehead atoms. The van der Waals surface area contributed by atoms with Crippen LogP contribution in [-0.2, 0) is 0 Å². The summed E-state index contributed by atoms with van der Waals surface area (Å²) in [5.41, 5.74) is 6.24. The fraction of sp³-hybridized carbons (Fsp3) is 0.706. The molecule has 4 heteroatoms. The molecule has 0 amide bonds. The molecule has 118 valence electrons. The van der Waals surface area contributed by atoms with Crippen LogP contribution in [0.25, 0.3) is 0 Å². The summed E-state index contributed by atoms with van der Waals surface area (Å²) in [4.78, 5) is 4.53. The van der Waals surface area contributed by atoms with Gasteiger partial charge in [0.1, 0.15) is 11.4 Å². The Morgan fingerprint density at radius 3 is 2.52 bits per heavy atom. The van der Waals surface area contributed by atoms with E-state index in [-0.39, 0.29) is 5.60 Å². The maximum Gasteiger partial charge on any atom is 0.239 e. The zero-order valence-electron chi connectivity index (χ0n) is 13.8. The normalized spacial score (nSPS) is 18.3. The van der Waals surface area contributed by atoms with Crippen LogP contribution in [-0.4, -0.2) is 16.6 Å². The predicted molar refractivity (Wildman–Crippen MR) is 88.7 cm³/mol. The van der Waals surface area contributed by atoms with E-state index in [2.05, 4.69) is 17.2 Å². The highest BCUT2D eigenvalue weighted by Crippen LogP contribution is 2.29. The van der Waals surface area contributed by atoms with E-state index in [0.29, 0.717) is 17.6 Å². The number of pyridine rings is 1. The molecule has 1 aromatic heterocycles. The van der Waals surface area contributed by atoms with E-state index in [9.17, 15) is 0 Å². The zero-order chi connectivity index (χ0) is 15.5. The first-order valence-corrected chi connectivity index (χ1v) is 8.07. The van der Waals surface area contributed by atoms with Crippen molar-refractivity contribution in [2.75, 3.05) is 11.1 Å². The quantitative estimate of drug-likeness (QED) is 0.872. The van der Waals surface area contributed by atoms with Gasteiger partial charge >= 0.3 is 0 Å². The average molecular weight is 291 g/mol. The molecular formula is C17H29N3O. The molecular weight excluding hydrogens is 262 g/mol. The molecule has 0 aromatic carbocycles. The average Bonchev–Trinajstić information content (AvgIpc) is 2.42. The van der Waals surface area contributed by atoms with Crippen molar-refractivity contribution in [1.82, 2.24) is 4.98 Å². The van der Waals surface area contributed by atoms with Crippen molar-refractivity contribution in [3.63, 3.8) is 0 Å². The van der Waals surface area contributed by atoms with Gasteiger partial charge in [0.05, 0.1) is 5.69 Å². The molecule has 1 atom stereocenters. The van der Waals surface area contributed by atoms with Crippen molar-refractivity contribution in [2.24, 2.45) is 5.92 Å². The Bertz CT molecular complexity index is 462. The molecule has 21 heavy (non-hydrogen) atoms. The van der Waals surface area contributed by atoms with Gasteiger partial charge in [0, 0.05) is 6.04 Å². The largest absolute Gasteiger partial charge is 0.470 e. The molecule has 1 aliphatic carbocycles. The maximum atomic E-state index is 5.95. The first-order valence-electron chi connectivity index (χ1n) is 8.07. The lowest BCUT2D eigenvalue weighted by Crippen LogP contribution is -2.28. The number of anilines is 2. The van der Waals surface area contributed by atoms with E-state index in [0.717, 1.165) is 11.7 Å². The first kappa shape index (κ1) is 15.9. The van der Waals surface area contributed by atoms with Crippen LogP contribution in [0.4, 0.5) is 11.5 Å². The topological polar surface area (TPSA) is 60.2 Å². The van der Waals surface area contributed by atoms with Gasteiger partial charge in [-0.05, 0) is 58.6 Å². The minimum atomic E-state index is -0.297. The minimum absolute atomic E-state index is 0.297. The molecule has 4 nitrogen and oxygen atoms in total. The second-order valence-electron chi connectivity index (χ2n) is 7.14. The molecule has 1 saturated carbocycles. The third-order valence-electron chi connectivity index (χ3n) is 4.03. The number of rotatable bonds is 4. The number of hydrogen-bond donors (Lipinski definition) is 2. The molecule has 1 unspecified atom stereocenters. The summed E-state index contributed by atoms with van der Waals surface area (Å²) in [7, 11) is 0. The van der Waals surface area contributed by atoms with E-state index < -0.39 is 0 Å². The van der Waals surface area contributed by atoms with Crippen LogP contribution in [0, 0.1) is 5.92 Å². The lowest BCUT2D eigenvalue weighted by Gasteiger charge is -2.29. The summed E-state index contributed by atoms with van der Waals surface area (Å²) >= 11 is 0. The number of nitrogens with zero attached hydrogens (tertiary/aromatic N) is 1. The van der Waals surface area contributed by atoms with E-state index in [1.54, 1.807) is 0 Å². The lowest BCUT2D eigenvalue weighted by molar-refractivity contribution is 0.125. The van der Waals surface area contributed by atoms with Crippen LogP contribution in [0.5, 0.6) is 5.88 Å². The Balaban J connectivity index is 2.04. The van der Waals surface area contributed by atoms with Gasteiger partial charge in [0.2, 0.25) is 5.88 Å². The van der Waals surface area contributed by atoms with Crippen LogP contribution in [0.2, 0.25) is 0 Å². The SMILES string of the molecule is CC(Nc1ccc(N)c(OC(C)(C)C)n1)C1CCCCC1. The van der Waals surface area contributed by atoms with Crippen molar-refractivity contribution < 1.29 is 4.74 Å².